The van der Waals surface area contributed by atoms with Crippen LogP contribution >= 0.6 is 33.3 Å². The van der Waals surface area contributed by atoms with E-state index in [1.807, 2.05) is 0 Å². The van der Waals surface area contributed by atoms with E-state index in [9.17, 15) is 0 Å². The van der Waals surface area contributed by atoms with Gasteiger partial charge in [-0.15, -0.1) is 11.8 Å². The van der Waals surface area contributed by atoms with Crippen molar-refractivity contribution in [3.63, 3.8) is 0 Å². The maximum atomic E-state index is 2.32. The zero-order valence-corrected chi connectivity index (χ0v) is 12.2. The van der Waals surface area contributed by atoms with E-state index in [0.717, 1.165) is 15.1 Å². The van der Waals surface area contributed by atoms with Crippen molar-refractivity contribution < 1.29 is 0 Å². The summed E-state index contributed by atoms with van der Waals surface area (Å²) in [6, 6.07) is 10.8. The molecule has 0 aliphatic carbocycles. The molecule has 1 aliphatic rings. The standard InChI is InChI=1S/C13H18S3/c1-10(2)8-12-14-13(16-15-12)9-11-6-4-3-5-7-11/h3-7,10,12-13H,8-9H2,1-2H3. The van der Waals surface area contributed by atoms with Gasteiger partial charge in [-0.1, -0.05) is 65.8 Å². The number of hydrogen-bond acceptors (Lipinski definition) is 3. The van der Waals surface area contributed by atoms with Gasteiger partial charge in [0.25, 0.3) is 0 Å². The minimum atomic E-state index is 0.746. The third-order valence-corrected chi connectivity index (χ3v) is 8.05. The highest BCUT2D eigenvalue weighted by Gasteiger charge is 2.27. The van der Waals surface area contributed by atoms with Gasteiger partial charge in [-0.25, -0.2) is 0 Å². The highest BCUT2D eigenvalue weighted by Crippen LogP contribution is 2.53. The van der Waals surface area contributed by atoms with Gasteiger partial charge < -0.3 is 0 Å². The second-order valence-electron chi connectivity index (χ2n) is 4.51. The molecule has 1 aromatic rings. The van der Waals surface area contributed by atoms with Gasteiger partial charge in [-0.2, -0.15) is 0 Å². The van der Waals surface area contributed by atoms with Crippen LogP contribution in [-0.4, -0.2) is 9.16 Å². The molecule has 16 heavy (non-hydrogen) atoms. The summed E-state index contributed by atoms with van der Waals surface area (Å²) in [5, 5.41) is 0. The van der Waals surface area contributed by atoms with Crippen molar-refractivity contribution in [3.8, 4) is 0 Å². The van der Waals surface area contributed by atoms with Crippen molar-refractivity contribution in [2.45, 2.75) is 35.9 Å². The maximum absolute atomic E-state index is 2.32. The van der Waals surface area contributed by atoms with Crippen molar-refractivity contribution in [1.29, 1.82) is 0 Å². The summed E-state index contributed by atoms with van der Waals surface area (Å²) in [7, 11) is 4.14. The summed E-state index contributed by atoms with van der Waals surface area (Å²) < 4.78 is 1.55. The van der Waals surface area contributed by atoms with Crippen LogP contribution in [0.1, 0.15) is 25.8 Å². The summed E-state index contributed by atoms with van der Waals surface area (Å²) in [5.74, 6) is 0.820. The molecule has 1 saturated heterocycles. The molecule has 1 aliphatic heterocycles. The largest absolute Gasteiger partial charge is 0.131 e. The lowest BCUT2D eigenvalue weighted by molar-refractivity contribution is 0.621. The molecule has 2 atom stereocenters. The average Bonchev–Trinajstić information content (AvgIpc) is 2.66. The number of thioether (sulfide) groups is 1. The monoisotopic (exact) mass is 270 g/mol. The second-order valence-corrected chi connectivity index (χ2v) is 9.19. The number of hydrogen-bond donors (Lipinski definition) is 0. The Labute approximate surface area is 111 Å². The lowest BCUT2D eigenvalue weighted by Gasteiger charge is -2.11. The predicted octanol–water partition coefficient (Wildman–Crippen LogP) is 5.06. The zero-order chi connectivity index (χ0) is 11.4. The van der Waals surface area contributed by atoms with Crippen LogP contribution in [0.25, 0.3) is 0 Å². The molecule has 1 heterocycles. The third kappa shape index (κ3) is 3.94. The topological polar surface area (TPSA) is 0 Å². The van der Waals surface area contributed by atoms with Gasteiger partial charge in [-0.3, -0.25) is 0 Å². The fourth-order valence-electron chi connectivity index (χ4n) is 1.71. The second kappa shape index (κ2) is 6.27. The van der Waals surface area contributed by atoms with E-state index in [1.54, 1.807) is 0 Å². The van der Waals surface area contributed by atoms with Gasteiger partial charge in [0, 0.05) is 0 Å². The van der Waals surface area contributed by atoms with Gasteiger partial charge in [-0.05, 0) is 24.3 Å². The van der Waals surface area contributed by atoms with Crippen LogP contribution in [0.5, 0.6) is 0 Å². The average molecular weight is 270 g/mol. The van der Waals surface area contributed by atoms with Crippen molar-refractivity contribution in [1.82, 2.24) is 0 Å². The summed E-state index contributed by atoms with van der Waals surface area (Å²) in [6.07, 6.45) is 2.55. The van der Waals surface area contributed by atoms with E-state index >= 15 is 0 Å². The van der Waals surface area contributed by atoms with Crippen LogP contribution in [0.4, 0.5) is 0 Å². The SMILES string of the molecule is CC(C)CC1SSC(Cc2ccccc2)S1. The maximum Gasteiger partial charge on any atom is 0.0658 e. The Morgan fingerprint density at radius 1 is 1.06 bits per heavy atom. The lowest BCUT2D eigenvalue weighted by atomic mass is 10.2. The molecule has 0 N–H and O–H groups in total. The quantitative estimate of drug-likeness (QED) is 0.702. The first-order valence-electron chi connectivity index (χ1n) is 5.75. The van der Waals surface area contributed by atoms with Crippen LogP contribution in [0.15, 0.2) is 30.3 Å². The number of rotatable bonds is 4. The van der Waals surface area contributed by atoms with Crippen molar-refractivity contribution in [3.05, 3.63) is 35.9 Å². The molecule has 0 radical (unpaired) electrons. The van der Waals surface area contributed by atoms with Crippen molar-refractivity contribution in [2.75, 3.05) is 0 Å². The Morgan fingerprint density at radius 2 is 1.75 bits per heavy atom. The fraction of sp³-hybridized carbons (Fsp3) is 0.538. The Hall–Kier alpha value is 0.270. The van der Waals surface area contributed by atoms with Gasteiger partial charge in [0.15, 0.2) is 0 Å². The molecule has 0 amide bonds. The van der Waals surface area contributed by atoms with E-state index in [1.165, 1.54) is 18.4 Å². The van der Waals surface area contributed by atoms with Crippen LogP contribution in [0.2, 0.25) is 0 Å². The first kappa shape index (κ1) is 12.7. The molecule has 3 heteroatoms. The predicted molar refractivity (Wildman–Crippen MR) is 80.0 cm³/mol. The summed E-state index contributed by atoms with van der Waals surface area (Å²) in [6.45, 7) is 4.63. The van der Waals surface area contributed by atoms with Gasteiger partial charge in [0.1, 0.15) is 0 Å². The molecule has 2 unspecified atom stereocenters. The summed E-state index contributed by atoms with van der Waals surface area (Å²) >= 11 is 2.16. The van der Waals surface area contributed by atoms with E-state index in [-0.39, 0.29) is 0 Å². The van der Waals surface area contributed by atoms with E-state index in [0.29, 0.717) is 0 Å². The summed E-state index contributed by atoms with van der Waals surface area (Å²) in [4.78, 5) is 0. The molecule has 2 rings (SSSR count). The molecule has 0 spiro atoms. The molecule has 0 aromatic heterocycles. The van der Waals surface area contributed by atoms with Gasteiger partial charge in [0.05, 0.1) is 9.16 Å². The molecular formula is C13H18S3. The van der Waals surface area contributed by atoms with Crippen LogP contribution in [0, 0.1) is 5.92 Å². The highest BCUT2D eigenvalue weighted by molar-refractivity contribution is 8.82. The first-order valence-corrected chi connectivity index (χ1v) is 8.97. The van der Waals surface area contributed by atoms with Crippen molar-refractivity contribution >= 4 is 33.3 Å². The highest BCUT2D eigenvalue weighted by atomic mass is 33.1. The van der Waals surface area contributed by atoms with E-state index in [4.69, 9.17) is 0 Å². The Kier molecular flexibility index (Phi) is 4.98. The normalized spacial score (nSPS) is 25.2. The van der Waals surface area contributed by atoms with E-state index in [2.05, 4.69) is 77.5 Å². The van der Waals surface area contributed by atoms with Crippen LogP contribution in [0.3, 0.4) is 0 Å². The zero-order valence-electron chi connectivity index (χ0n) is 9.76. The summed E-state index contributed by atoms with van der Waals surface area (Å²) in [5.41, 5.74) is 1.47. The third-order valence-electron chi connectivity index (χ3n) is 2.48. The molecule has 1 fully saturated rings. The first-order chi connectivity index (χ1) is 7.74. The molecule has 88 valence electrons. The van der Waals surface area contributed by atoms with Gasteiger partial charge in [0.2, 0.25) is 0 Å². The minimum Gasteiger partial charge on any atom is -0.131 e. The van der Waals surface area contributed by atoms with Crippen LogP contribution < -0.4 is 0 Å². The lowest BCUT2D eigenvalue weighted by Crippen LogP contribution is -2.02. The molecule has 0 nitrogen and oxygen atoms in total. The molecule has 1 aromatic carbocycles. The Balaban J connectivity index is 1.81. The minimum absolute atomic E-state index is 0.746. The van der Waals surface area contributed by atoms with Crippen LogP contribution in [-0.2, 0) is 6.42 Å². The molecule has 0 bridgehead atoms. The molecular weight excluding hydrogens is 252 g/mol. The van der Waals surface area contributed by atoms with Crippen molar-refractivity contribution in [2.24, 2.45) is 5.92 Å². The fourth-order valence-corrected chi connectivity index (χ4v) is 8.00. The molecule has 0 saturated carbocycles. The number of benzene rings is 1. The van der Waals surface area contributed by atoms with E-state index < -0.39 is 0 Å². The van der Waals surface area contributed by atoms with Gasteiger partial charge >= 0.3 is 0 Å². The Bertz CT molecular complexity index is 310. The Morgan fingerprint density at radius 3 is 2.44 bits per heavy atom. The smallest absolute Gasteiger partial charge is 0.0658 e.